The van der Waals surface area contributed by atoms with Gasteiger partial charge in [-0.25, -0.2) is 0 Å². The second kappa shape index (κ2) is 9.89. The molecular formula is C17H31N3. The largest absolute Gasteiger partial charge is 0.326 e. The average Bonchev–Trinajstić information content (AvgIpc) is 2.50. The summed E-state index contributed by atoms with van der Waals surface area (Å²) in [5, 5.41) is 0. The number of unbranched alkanes of at least 4 members (excludes halogenated alkanes) is 2. The van der Waals surface area contributed by atoms with Crippen molar-refractivity contribution in [2.75, 3.05) is 13.1 Å². The Balaban J connectivity index is 2.91. The standard InChI is InChI=1S/C17H31N3/c1-4-7-13-20(14-8-5-2)17(15(18)6-3)16-11-9-10-12-19-16/h9-12,15,17H,4-8,13-14,18H2,1-3H3. The highest BCUT2D eigenvalue weighted by molar-refractivity contribution is 5.11. The van der Waals surface area contributed by atoms with Gasteiger partial charge in [0.1, 0.15) is 0 Å². The highest BCUT2D eigenvalue weighted by Crippen LogP contribution is 2.24. The van der Waals surface area contributed by atoms with Gasteiger partial charge in [-0.15, -0.1) is 0 Å². The monoisotopic (exact) mass is 277 g/mol. The van der Waals surface area contributed by atoms with Gasteiger partial charge >= 0.3 is 0 Å². The van der Waals surface area contributed by atoms with Gasteiger partial charge in [0, 0.05) is 12.2 Å². The molecule has 0 spiro atoms. The molecule has 0 aliphatic rings. The molecule has 0 amide bonds. The van der Waals surface area contributed by atoms with Crippen molar-refractivity contribution in [1.29, 1.82) is 0 Å². The fourth-order valence-corrected chi connectivity index (χ4v) is 2.56. The van der Waals surface area contributed by atoms with Crippen molar-refractivity contribution in [3.05, 3.63) is 30.1 Å². The predicted molar refractivity (Wildman–Crippen MR) is 86.6 cm³/mol. The summed E-state index contributed by atoms with van der Waals surface area (Å²) in [6.45, 7) is 8.89. The van der Waals surface area contributed by atoms with Gasteiger partial charge in [0.2, 0.25) is 0 Å². The van der Waals surface area contributed by atoms with Crippen molar-refractivity contribution in [3.63, 3.8) is 0 Å². The van der Waals surface area contributed by atoms with E-state index in [-0.39, 0.29) is 12.1 Å². The van der Waals surface area contributed by atoms with Gasteiger partial charge in [0.05, 0.1) is 11.7 Å². The van der Waals surface area contributed by atoms with Crippen molar-refractivity contribution < 1.29 is 0 Å². The Labute approximate surface area is 124 Å². The van der Waals surface area contributed by atoms with Gasteiger partial charge < -0.3 is 5.73 Å². The molecule has 1 aromatic heterocycles. The molecule has 2 atom stereocenters. The molecule has 2 N–H and O–H groups in total. The SMILES string of the molecule is CCCCN(CCCC)C(c1ccccn1)C(N)CC. The maximum atomic E-state index is 6.41. The molecule has 0 fully saturated rings. The molecule has 0 saturated heterocycles. The molecule has 0 bridgehead atoms. The maximum absolute atomic E-state index is 6.41. The lowest BCUT2D eigenvalue weighted by molar-refractivity contribution is 0.160. The van der Waals surface area contributed by atoms with Crippen LogP contribution in [0.2, 0.25) is 0 Å². The van der Waals surface area contributed by atoms with Crippen LogP contribution < -0.4 is 5.73 Å². The summed E-state index contributed by atoms with van der Waals surface area (Å²) in [6.07, 6.45) is 7.75. The van der Waals surface area contributed by atoms with Crippen LogP contribution in [0.25, 0.3) is 0 Å². The zero-order chi connectivity index (χ0) is 14.8. The van der Waals surface area contributed by atoms with E-state index in [1.807, 2.05) is 12.3 Å². The fourth-order valence-electron chi connectivity index (χ4n) is 2.56. The first-order valence-corrected chi connectivity index (χ1v) is 8.15. The molecule has 3 nitrogen and oxygen atoms in total. The molecule has 1 rings (SSSR count). The van der Waals surface area contributed by atoms with E-state index < -0.39 is 0 Å². The zero-order valence-corrected chi connectivity index (χ0v) is 13.4. The number of rotatable bonds is 10. The van der Waals surface area contributed by atoms with Gasteiger partial charge in [0.25, 0.3) is 0 Å². The van der Waals surface area contributed by atoms with E-state index >= 15 is 0 Å². The fraction of sp³-hybridized carbons (Fsp3) is 0.706. The van der Waals surface area contributed by atoms with E-state index in [9.17, 15) is 0 Å². The van der Waals surface area contributed by atoms with Crippen LogP contribution in [-0.2, 0) is 0 Å². The normalized spacial score (nSPS) is 14.4. The Hall–Kier alpha value is -0.930. The third kappa shape index (κ3) is 5.22. The number of nitrogens with two attached hydrogens (primary N) is 1. The summed E-state index contributed by atoms with van der Waals surface area (Å²) < 4.78 is 0. The van der Waals surface area contributed by atoms with Crippen LogP contribution in [0.15, 0.2) is 24.4 Å². The second-order valence-corrected chi connectivity index (χ2v) is 5.51. The Morgan fingerprint density at radius 2 is 1.75 bits per heavy atom. The van der Waals surface area contributed by atoms with Gasteiger partial charge in [-0.1, -0.05) is 39.7 Å². The quantitative estimate of drug-likeness (QED) is 0.708. The first kappa shape index (κ1) is 17.1. The lowest BCUT2D eigenvalue weighted by Gasteiger charge is -2.35. The number of nitrogens with zero attached hydrogens (tertiary/aromatic N) is 2. The smallest absolute Gasteiger partial charge is 0.0673 e. The average molecular weight is 277 g/mol. The summed E-state index contributed by atoms with van der Waals surface area (Å²) in [5.74, 6) is 0. The third-order valence-electron chi connectivity index (χ3n) is 3.86. The summed E-state index contributed by atoms with van der Waals surface area (Å²) in [7, 11) is 0. The minimum Gasteiger partial charge on any atom is -0.326 e. The first-order valence-electron chi connectivity index (χ1n) is 8.15. The Kier molecular flexibility index (Phi) is 8.47. The summed E-state index contributed by atoms with van der Waals surface area (Å²) in [4.78, 5) is 7.11. The van der Waals surface area contributed by atoms with Crippen molar-refractivity contribution in [2.24, 2.45) is 5.73 Å². The molecule has 114 valence electrons. The van der Waals surface area contributed by atoms with E-state index in [0.717, 1.165) is 25.2 Å². The second-order valence-electron chi connectivity index (χ2n) is 5.51. The molecule has 2 unspecified atom stereocenters. The van der Waals surface area contributed by atoms with Crippen molar-refractivity contribution in [1.82, 2.24) is 9.88 Å². The molecule has 1 heterocycles. The molecule has 0 saturated carbocycles. The van der Waals surface area contributed by atoms with Crippen LogP contribution in [0.1, 0.15) is 64.6 Å². The highest BCUT2D eigenvalue weighted by Gasteiger charge is 2.25. The molecule has 0 radical (unpaired) electrons. The molecule has 0 aliphatic heterocycles. The zero-order valence-electron chi connectivity index (χ0n) is 13.4. The Bertz CT molecular complexity index is 331. The molecular weight excluding hydrogens is 246 g/mol. The lowest BCUT2D eigenvalue weighted by Crippen LogP contribution is -2.42. The van der Waals surface area contributed by atoms with Crippen LogP contribution >= 0.6 is 0 Å². The van der Waals surface area contributed by atoms with Crippen LogP contribution in [0, 0.1) is 0 Å². The maximum Gasteiger partial charge on any atom is 0.0673 e. The highest BCUT2D eigenvalue weighted by atomic mass is 15.2. The molecule has 1 aromatic rings. The lowest BCUT2D eigenvalue weighted by atomic mass is 9.99. The van der Waals surface area contributed by atoms with E-state index in [0.29, 0.717) is 0 Å². The summed E-state index contributed by atoms with van der Waals surface area (Å²) in [5.41, 5.74) is 7.53. The predicted octanol–water partition coefficient (Wildman–Crippen LogP) is 3.76. The minimum atomic E-state index is 0.151. The molecule has 3 heteroatoms. The van der Waals surface area contributed by atoms with Gasteiger partial charge in [-0.3, -0.25) is 9.88 Å². The van der Waals surface area contributed by atoms with Crippen molar-refractivity contribution in [2.45, 2.75) is 65.0 Å². The Morgan fingerprint density at radius 1 is 1.10 bits per heavy atom. The van der Waals surface area contributed by atoms with E-state index in [2.05, 4.69) is 42.8 Å². The van der Waals surface area contributed by atoms with Crippen molar-refractivity contribution >= 4 is 0 Å². The summed E-state index contributed by atoms with van der Waals surface area (Å²) in [6, 6.07) is 6.55. The van der Waals surface area contributed by atoms with Gasteiger partial charge in [-0.2, -0.15) is 0 Å². The van der Waals surface area contributed by atoms with Crippen molar-refractivity contribution in [3.8, 4) is 0 Å². The molecule has 20 heavy (non-hydrogen) atoms. The number of hydrogen-bond acceptors (Lipinski definition) is 3. The van der Waals surface area contributed by atoms with Crippen LogP contribution in [-0.4, -0.2) is 29.0 Å². The topological polar surface area (TPSA) is 42.2 Å². The molecule has 0 aliphatic carbocycles. The van der Waals surface area contributed by atoms with Crippen LogP contribution in [0.3, 0.4) is 0 Å². The number of aromatic nitrogens is 1. The first-order chi connectivity index (χ1) is 9.74. The van der Waals surface area contributed by atoms with Crippen LogP contribution in [0.4, 0.5) is 0 Å². The summed E-state index contributed by atoms with van der Waals surface area (Å²) >= 11 is 0. The third-order valence-corrected chi connectivity index (χ3v) is 3.86. The van der Waals surface area contributed by atoms with Gasteiger partial charge in [0.15, 0.2) is 0 Å². The van der Waals surface area contributed by atoms with Gasteiger partial charge in [-0.05, 0) is 44.5 Å². The van der Waals surface area contributed by atoms with E-state index in [1.54, 1.807) is 0 Å². The minimum absolute atomic E-state index is 0.151. The van der Waals surface area contributed by atoms with E-state index in [1.165, 1.54) is 25.7 Å². The van der Waals surface area contributed by atoms with Crippen LogP contribution in [0.5, 0.6) is 0 Å². The van der Waals surface area contributed by atoms with E-state index in [4.69, 9.17) is 5.73 Å². The number of hydrogen-bond donors (Lipinski definition) is 1. The number of pyridine rings is 1. The Morgan fingerprint density at radius 3 is 2.20 bits per heavy atom. The molecule has 0 aromatic carbocycles.